The van der Waals surface area contributed by atoms with E-state index >= 15 is 0 Å². The fourth-order valence-electron chi connectivity index (χ4n) is 3.10. The lowest BCUT2D eigenvalue weighted by molar-refractivity contribution is -0.246. The maximum absolute atomic E-state index is 14.9. The average molecular weight is 440 g/mol. The lowest BCUT2D eigenvalue weighted by Gasteiger charge is -2.24. The number of ketones is 1. The van der Waals surface area contributed by atoms with Gasteiger partial charge in [0.1, 0.15) is 5.69 Å². The zero-order chi connectivity index (χ0) is 22.3. The van der Waals surface area contributed by atoms with Crippen LogP contribution in [0.25, 0.3) is 11.6 Å². The molecule has 0 spiro atoms. The Kier molecular flexibility index (Phi) is 5.50. The smallest absolute Gasteiger partial charge is 0.415 e. The summed E-state index contributed by atoms with van der Waals surface area (Å²) in [6.45, 7) is 0. The van der Waals surface area contributed by atoms with E-state index in [9.17, 15) is 35.5 Å². The molecule has 0 amide bonds. The van der Waals surface area contributed by atoms with E-state index in [2.05, 4.69) is 15.2 Å². The Bertz CT molecular complexity index is 955. The van der Waals surface area contributed by atoms with Crippen LogP contribution in [0.5, 0.6) is 0 Å². The minimum absolute atomic E-state index is 0.0984. The van der Waals surface area contributed by atoms with Crippen LogP contribution < -0.4 is 5.73 Å². The van der Waals surface area contributed by atoms with Crippen molar-refractivity contribution in [3.05, 3.63) is 23.2 Å². The van der Waals surface area contributed by atoms with Gasteiger partial charge in [-0.05, 0) is 25.3 Å². The molecule has 0 aliphatic carbocycles. The number of nitrogen functional groups attached to an aromatic ring is 1. The number of nitrogens with zero attached hydrogens (tertiary/aromatic N) is 3. The molecule has 0 saturated heterocycles. The molecule has 6 nitrogen and oxygen atoms in total. The molecule has 0 aromatic carbocycles. The molecule has 13 heteroatoms. The molecular weight excluding hydrogens is 425 g/mol. The minimum Gasteiger partial charge on any atom is -0.415 e. The monoisotopic (exact) mass is 440 g/mol. The summed E-state index contributed by atoms with van der Waals surface area (Å²) in [4.78, 5) is 15.9. The molecule has 0 radical (unpaired) electrons. The predicted molar refractivity (Wildman–Crippen MR) is 87.8 cm³/mol. The Balaban J connectivity index is 2.20. The zero-order valence-electron chi connectivity index (χ0n) is 15.2. The second-order valence-electron chi connectivity index (χ2n) is 6.87. The lowest BCUT2D eigenvalue weighted by atomic mass is 9.96. The third-order valence-electron chi connectivity index (χ3n) is 4.71. The van der Waals surface area contributed by atoms with E-state index in [4.69, 9.17) is 10.2 Å². The van der Waals surface area contributed by atoms with Crippen molar-refractivity contribution in [3.63, 3.8) is 0 Å². The van der Waals surface area contributed by atoms with Crippen molar-refractivity contribution in [1.29, 1.82) is 0 Å². The first-order chi connectivity index (χ1) is 13.8. The zero-order valence-corrected chi connectivity index (χ0v) is 15.2. The van der Waals surface area contributed by atoms with E-state index in [1.807, 2.05) is 0 Å². The van der Waals surface area contributed by atoms with Crippen molar-refractivity contribution in [2.75, 3.05) is 5.73 Å². The van der Waals surface area contributed by atoms with E-state index in [0.29, 0.717) is 6.07 Å². The number of hydrogen-bond acceptors (Lipinski definition) is 6. The molecular formula is C17H15F7N4O2. The van der Waals surface area contributed by atoms with Crippen LogP contribution in [-0.2, 0) is 11.8 Å². The van der Waals surface area contributed by atoms with E-state index in [1.165, 1.54) is 0 Å². The first-order valence-corrected chi connectivity index (χ1v) is 8.85. The quantitative estimate of drug-likeness (QED) is 0.580. The largest absolute Gasteiger partial charge is 0.431 e. The minimum atomic E-state index is -5.37. The maximum atomic E-state index is 14.9. The van der Waals surface area contributed by atoms with Crippen molar-refractivity contribution in [2.24, 2.45) is 0 Å². The highest BCUT2D eigenvalue weighted by Gasteiger charge is 2.60. The van der Waals surface area contributed by atoms with E-state index in [-0.39, 0.29) is 32.1 Å². The molecule has 3 heterocycles. The van der Waals surface area contributed by atoms with Gasteiger partial charge in [-0.1, -0.05) is 12.8 Å². The number of nitrogens with two attached hydrogens (primary N) is 1. The maximum Gasteiger partial charge on any atom is 0.431 e. The third-order valence-corrected chi connectivity index (χ3v) is 4.71. The van der Waals surface area contributed by atoms with Crippen LogP contribution in [0.4, 0.5) is 36.4 Å². The number of Topliss-reactive ketones (excluding diaryl/α,β-unsaturated/α-hetero) is 1. The van der Waals surface area contributed by atoms with E-state index in [0.717, 1.165) is 0 Å². The standard InChI is InChI=1S/C17H15F7N4O2/c18-15(17(22,23)24)6-4-2-1-3-5-10(29)11-8(16(19,20)21)7-9(25)12(26-11)13-27-28-14(15)30-13/h7H,1-6,25H2. The molecule has 3 rings (SSSR count). The van der Waals surface area contributed by atoms with Gasteiger partial charge >= 0.3 is 12.4 Å². The van der Waals surface area contributed by atoms with Gasteiger partial charge in [-0.25, -0.2) is 9.37 Å². The van der Waals surface area contributed by atoms with Crippen LogP contribution in [0.15, 0.2) is 10.5 Å². The number of anilines is 1. The average Bonchev–Trinajstić information content (AvgIpc) is 3.11. The van der Waals surface area contributed by atoms with Gasteiger partial charge in [-0.2, -0.15) is 26.3 Å². The third kappa shape index (κ3) is 3.97. The number of alkyl halides is 7. The van der Waals surface area contributed by atoms with Gasteiger partial charge in [0.05, 0.1) is 11.3 Å². The summed E-state index contributed by atoms with van der Waals surface area (Å²) in [5.41, 5.74) is -2.05. The van der Waals surface area contributed by atoms with Gasteiger partial charge in [0, 0.05) is 6.42 Å². The molecule has 4 bridgehead atoms. The van der Waals surface area contributed by atoms with Gasteiger partial charge in [-0.15, -0.1) is 10.2 Å². The predicted octanol–water partition coefficient (Wildman–Crippen LogP) is 5.00. The van der Waals surface area contributed by atoms with Crippen molar-refractivity contribution < 1.29 is 39.9 Å². The van der Waals surface area contributed by atoms with E-state index in [1.54, 1.807) is 0 Å². The summed E-state index contributed by atoms with van der Waals surface area (Å²) >= 11 is 0. The van der Waals surface area contributed by atoms with Gasteiger partial charge in [0.15, 0.2) is 11.5 Å². The normalized spacial score (nSPS) is 21.4. The van der Waals surface area contributed by atoms with Crippen LogP contribution in [0, 0.1) is 0 Å². The fourth-order valence-corrected chi connectivity index (χ4v) is 3.10. The van der Waals surface area contributed by atoms with Gasteiger partial charge in [0.25, 0.3) is 17.5 Å². The number of rotatable bonds is 0. The highest BCUT2D eigenvalue weighted by Crippen LogP contribution is 2.46. The van der Waals surface area contributed by atoms with Crippen LogP contribution in [0.1, 0.15) is 60.5 Å². The van der Waals surface area contributed by atoms with E-state index < -0.39 is 64.6 Å². The number of aromatic nitrogens is 3. The molecule has 1 aliphatic heterocycles. The number of hydrogen-bond donors (Lipinski definition) is 1. The molecule has 1 aliphatic rings. The Morgan fingerprint density at radius 1 is 1.00 bits per heavy atom. The van der Waals surface area contributed by atoms with Crippen LogP contribution in [-0.4, -0.2) is 27.1 Å². The summed E-state index contributed by atoms with van der Waals surface area (Å²) in [5.74, 6) is -3.15. The molecule has 0 saturated carbocycles. The first kappa shape index (κ1) is 22.0. The van der Waals surface area contributed by atoms with Gasteiger partial charge in [0.2, 0.25) is 0 Å². The summed E-state index contributed by atoms with van der Waals surface area (Å²) in [5, 5.41) is 6.37. The summed E-state index contributed by atoms with van der Waals surface area (Å²) in [6.07, 6.45) is -11.4. The Morgan fingerprint density at radius 2 is 1.67 bits per heavy atom. The van der Waals surface area contributed by atoms with Crippen molar-refractivity contribution in [1.82, 2.24) is 15.2 Å². The summed E-state index contributed by atoms with van der Waals surface area (Å²) < 4.78 is 99.9. The highest BCUT2D eigenvalue weighted by atomic mass is 19.4. The molecule has 2 N–H and O–H groups in total. The SMILES string of the molecule is Nc1cc(C(F)(F)F)c2nc1-c1nnc(o1)C(F)(C(F)(F)F)CCCCCCC2=O. The molecule has 0 fully saturated rings. The molecule has 1 atom stereocenters. The lowest BCUT2D eigenvalue weighted by Crippen LogP contribution is -2.38. The Labute approximate surface area is 164 Å². The molecule has 164 valence electrons. The number of halogens is 7. The Morgan fingerprint density at radius 3 is 2.30 bits per heavy atom. The molecule has 2 aromatic heterocycles. The number of fused-ring (bicyclic) bond motifs is 5. The summed E-state index contributed by atoms with van der Waals surface area (Å²) in [6, 6.07) is 0.414. The number of pyridine rings is 1. The Hall–Kier alpha value is -2.73. The number of carbonyl (C=O) groups is 1. The number of carbonyl (C=O) groups excluding carboxylic acids is 1. The topological polar surface area (TPSA) is 94.9 Å². The van der Waals surface area contributed by atoms with Crippen molar-refractivity contribution in [3.8, 4) is 11.6 Å². The molecule has 1 unspecified atom stereocenters. The van der Waals surface area contributed by atoms with Crippen molar-refractivity contribution >= 4 is 11.5 Å². The highest BCUT2D eigenvalue weighted by molar-refractivity contribution is 5.97. The van der Waals surface area contributed by atoms with Gasteiger partial charge < -0.3 is 10.2 Å². The van der Waals surface area contributed by atoms with Crippen LogP contribution in [0.3, 0.4) is 0 Å². The van der Waals surface area contributed by atoms with Gasteiger partial charge in [-0.3, -0.25) is 4.79 Å². The first-order valence-electron chi connectivity index (χ1n) is 8.85. The summed E-state index contributed by atoms with van der Waals surface area (Å²) in [7, 11) is 0. The second-order valence-corrected chi connectivity index (χ2v) is 6.87. The van der Waals surface area contributed by atoms with Crippen molar-refractivity contribution in [2.45, 2.75) is 56.5 Å². The fraction of sp³-hybridized carbons (Fsp3) is 0.529. The second kappa shape index (κ2) is 7.51. The molecule has 30 heavy (non-hydrogen) atoms. The van der Waals surface area contributed by atoms with Crippen LogP contribution >= 0.6 is 0 Å². The molecule has 2 aromatic rings. The van der Waals surface area contributed by atoms with Crippen LogP contribution in [0.2, 0.25) is 0 Å².